The first-order chi connectivity index (χ1) is 21.8. The number of nitrogens with zero attached hydrogens (tertiary/aromatic N) is 4. The number of amides is 3. The molecule has 0 bridgehead atoms. The molecule has 2 heterocycles. The minimum Gasteiger partial charge on any atom is -0.457 e. The summed E-state index contributed by atoms with van der Waals surface area (Å²) >= 11 is 0. The molecule has 1 aliphatic rings. The number of likely N-dealkylation sites (tertiary alicyclic amines) is 1. The summed E-state index contributed by atoms with van der Waals surface area (Å²) in [4.78, 5) is 48.5. The largest absolute Gasteiger partial charge is 0.457 e. The summed E-state index contributed by atoms with van der Waals surface area (Å²) < 4.78 is 7.87. The van der Waals surface area contributed by atoms with E-state index in [1.54, 1.807) is 18.2 Å². The van der Waals surface area contributed by atoms with Gasteiger partial charge >= 0.3 is 0 Å². The fraction of sp³-hybridized carbons (Fsp3) is 0.303. The van der Waals surface area contributed by atoms with Crippen molar-refractivity contribution in [1.82, 2.24) is 19.8 Å². The second-order valence-electron chi connectivity index (χ2n) is 10.9. The monoisotopic (exact) mass is 610 g/mol. The highest BCUT2D eigenvalue weighted by molar-refractivity contribution is 5.98. The van der Waals surface area contributed by atoms with Gasteiger partial charge in [-0.05, 0) is 68.1 Å². The molecule has 0 aliphatic carbocycles. The molecule has 1 aliphatic heterocycles. The second kappa shape index (κ2) is 14.4. The Morgan fingerprint density at radius 2 is 1.78 bits per heavy atom. The number of carbonyl (C=O) groups is 3. The normalized spacial score (nSPS) is 13.5. The van der Waals surface area contributed by atoms with Crippen LogP contribution in [0.15, 0.2) is 77.8 Å². The number of imidazole rings is 1. The first-order valence-electron chi connectivity index (χ1n) is 15.1. The smallest absolute Gasteiger partial charge is 0.251 e. The van der Waals surface area contributed by atoms with Gasteiger partial charge in [0.2, 0.25) is 11.8 Å². The zero-order valence-corrected chi connectivity index (χ0v) is 25.0. The van der Waals surface area contributed by atoms with E-state index in [4.69, 9.17) is 26.9 Å². The Morgan fingerprint density at radius 3 is 2.51 bits per heavy atom. The molecule has 1 fully saturated rings. The van der Waals surface area contributed by atoms with Crippen LogP contribution >= 0.6 is 0 Å². The van der Waals surface area contributed by atoms with Crippen LogP contribution in [0.4, 0.5) is 0 Å². The molecule has 5 rings (SSSR count). The highest BCUT2D eigenvalue weighted by Gasteiger charge is 2.25. The standard InChI is InChI=1S/C33H38N8O4/c34-30(43)28(12-5-16-38-33(35)36)41-27-15-14-23(32(44)37-17-7-19-40-18-6-13-29(40)42)21-26(27)39-31(41)22-8-4-11-25(20-22)45-24-9-2-1-3-10-24/h1-4,8-11,14-15,20-21,28H,5-7,12-13,16-19H2,(H2,34,43)(H,37,44)(H4,35,36,38)/t28-/m0/s1. The van der Waals surface area contributed by atoms with Gasteiger partial charge in [-0.25, -0.2) is 4.98 Å². The van der Waals surface area contributed by atoms with Gasteiger partial charge in [-0.15, -0.1) is 0 Å². The molecule has 45 heavy (non-hydrogen) atoms. The molecule has 234 valence electrons. The number of benzene rings is 3. The Bertz CT molecular complexity index is 1700. The SMILES string of the molecule is NC(=O)[C@H](CCCN=C(N)N)n1c(-c2cccc(Oc3ccccc3)c2)nc2cc(C(=O)NCCCN3CCCC3=O)ccc21. The number of ether oxygens (including phenoxy) is 1. The van der Waals surface area contributed by atoms with Gasteiger partial charge < -0.3 is 36.7 Å². The number of nitrogens with two attached hydrogens (primary N) is 3. The van der Waals surface area contributed by atoms with Gasteiger partial charge in [0.25, 0.3) is 5.91 Å². The molecule has 0 saturated carbocycles. The second-order valence-corrected chi connectivity index (χ2v) is 10.9. The van der Waals surface area contributed by atoms with Crippen LogP contribution in [0.3, 0.4) is 0 Å². The Labute approximate surface area is 261 Å². The summed E-state index contributed by atoms with van der Waals surface area (Å²) in [6, 6.07) is 21.3. The summed E-state index contributed by atoms with van der Waals surface area (Å²) in [7, 11) is 0. The van der Waals surface area contributed by atoms with Crippen molar-refractivity contribution in [3.05, 3.63) is 78.4 Å². The fourth-order valence-corrected chi connectivity index (χ4v) is 5.49. The molecule has 4 aromatic rings. The van der Waals surface area contributed by atoms with Crippen LogP contribution in [-0.2, 0) is 9.59 Å². The number of aliphatic imine (C=N–C) groups is 1. The lowest BCUT2D eigenvalue weighted by Crippen LogP contribution is -2.30. The van der Waals surface area contributed by atoms with Gasteiger partial charge in [-0.2, -0.15) is 0 Å². The maximum Gasteiger partial charge on any atom is 0.251 e. The number of rotatable bonds is 14. The highest BCUT2D eigenvalue weighted by Crippen LogP contribution is 2.33. The Kier molecular flexibility index (Phi) is 9.93. The molecule has 0 radical (unpaired) electrons. The quantitative estimate of drug-likeness (QED) is 0.0958. The van der Waals surface area contributed by atoms with Gasteiger partial charge in [-0.3, -0.25) is 19.4 Å². The van der Waals surface area contributed by atoms with Gasteiger partial charge in [0.1, 0.15) is 23.4 Å². The van der Waals surface area contributed by atoms with Crippen LogP contribution in [0.5, 0.6) is 11.5 Å². The van der Waals surface area contributed by atoms with Gasteiger partial charge in [0, 0.05) is 43.7 Å². The average Bonchev–Trinajstić information content (AvgIpc) is 3.62. The van der Waals surface area contributed by atoms with E-state index < -0.39 is 11.9 Å². The zero-order valence-electron chi connectivity index (χ0n) is 25.0. The van der Waals surface area contributed by atoms with Crippen LogP contribution < -0.4 is 27.3 Å². The van der Waals surface area contributed by atoms with Crippen molar-refractivity contribution < 1.29 is 19.1 Å². The Balaban J connectivity index is 1.44. The average molecular weight is 611 g/mol. The predicted molar refractivity (Wildman–Crippen MR) is 173 cm³/mol. The lowest BCUT2D eigenvalue weighted by molar-refractivity contribution is -0.127. The molecule has 1 saturated heterocycles. The van der Waals surface area contributed by atoms with E-state index >= 15 is 0 Å². The van der Waals surface area contributed by atoms with Gasteiger partial charge in [0.15, 0.2) is 5.96 Å². The summed E-state index contributed by atoms with van der Waals surface area (Å²) in [6.45, 7) is 2.17. The first kappa shape index (κ1) is 31.0. The van der Waals surface area contributed by atoms with Crippen LogP contribution in [0, 0.1) is 0 Å². The van der Waals surface area contributed by atoms with Crippen molar-refractivity contribution in [3.63, 3.8) is 0 Å². The number of para-hydroxylation sites is 1. The third kappa shape index (κ3) is 7.77. The van der Waals surface area contributed by atoms with Crippen molar-refractivity contribution >= 4 is 34.7 Å². The maximum absolute atomic E-state index is 13.1. The van der Waals surface area contributed by atoms with Crippen molar-refractivity contribution in [2.75, 3.05) is 26.2 Å². The fourth-order valence-electron chi connectivity index (χ4n) is 5.49. The maximum atomic E-state index is 13.1. The minimum atomic E-state index is -0.758. The molecule has 3 amide bonds. The number of guanidine groups is 1. The van der Waals surface area contributed by atoms with E-state index in [1.807, 2.05) is 64.1 Å². The summed E-state index contributed by atoms with van der Waals surface area (Å²) in [5, 5.41) is 2.94. The molecule has 0 spiro atoms. The van der Waals surface area contributed by atoms with Gasteiger partial charge in [0.05, 0.1) is 11.0 Å². The lowest BCUT2D eigenvalue weighted by Gasteiger charge is -2.19. The van der Waals surface area contributed by atoms with Crippen LogP contribution in [-0.4, -0.2) is 64.3 Å². The summed E-state index contributed by atoms with van der Waals surface area (Å²) in [6.07, 6.45) is 3.02. The third-order valence-electron chi connectivity index (χ3n) is 7.65. The highest BCUT2D eigenvalue weighted by atomic mass is 16.5. The molecular formula is C33H38N8O4. The number of fused-ring (bicyclic) bond motifs is 1. The number of carbonyl (C=O) groups excluding carboxylic acids is 3. The van der Waals surface area contributed by atoms with Crippen LogP contribution in [0.25, 0.3) is 22.4 Å². The Hall–Kier alpha value is -5.39. The topological polar surface area (TPSA) is 184 Å². The van der Waals surface area contributed by atoms with Gasteiger partial charge in [-0.1, -0.05) is 30.3 Å². The summed E-state index contributed by atoms with van der Waals surface area (Å²) in [5.74, 6) is 1.14. The van der Waals surface area contributed by atoms with Crippen molar-refractivity contribution in [1.29, 1.82) is 0 Å². The number of aromatic nitrogens is 2. The van der Waals surface area contributed by atoms with Crippen molar-refractivity contribution in [3.8, 4) is 22.9 Å². The summed E-state index contributed by atoms with van der Waals surface area (Å²) in [5.41, 5.74) is 19.2. The van der Waals surface area contributed by atoms with E-state index in [1.165, 1.54) is 0 Å². The van der Waals surface area contributed by atoms with Crippen molar-refractivity contribution in [2.45, 2.75) is 38.1 Å². The molecule has 1 aromatic heterocycles. The minimum absolute atomic E-state index is 0.0232. The molecule has 3 aromatic carbocycles. The molecular weight excluding hydrogens is 572 g/mol. The Morgan fingerprint density at radius 1 is 0.978 bits per heavy atom. The van der Waals surface area contributed by atoms with Crippen molar-refractivity contribution in [2.24, 2.45) is 22.2 Å². The molecule has 12 heteroatoms. The molecule has 7 N–H and O–H groups in total. The van der Waals surface area contributed by atoms with Crippen LogP contribution in [0.2, 0.25) is 0 Å². The first-order valence-corrected chi connectivity index (χ1v) is 15.1. The van der Waals surface area contributed by atoms with E-state index in [-0.39, 0.29) is 17.8 Å². The predicted octanol–water partition coefficient (Wildman–Crippen LogP) is 3.32. The van der Waals surface area contributed by atoms with E-state index in [0.29, 0.717) is 84.8 Å². The van der Waals surface area contributed by atoms with Crippen LogP contribution in [0.1, 0.15) is 48.5 Å². The lowest BCUT2D eigenvalue weighted by atomic mass is 10.1. The van der Waals surface area contributed by atoms with E-state index in [0.717, 1.165) is 13.0 Å². The molecule has 12 nitrogen and oxygen atoms in total. The van der Waals surface area contributed by atoms with E-state index in [2.05, 4.69) is 10.3 Å². The number of hydrogen-bond acceptors (Lipinski definition) is 6. The number of nitrogens with one attached hydrogen (secondary N) is 1. The number of hydrogen-bond donors (Lipinski definition) is 4. The molecule has 1 atom stereocenters. The van der Waals surface area contributed by atoms with E-state index in [9.17, 15) is 14.4 Å². The third-order valence-corrected chi connectivity index (χ3v) is 7.65. The number of primary amides is 1. The molecule has 0 unspecified atom stereocenters. The zero-order chi connectivity index (χ0) is 31.8.